The first-order valence-corrected chi connectivity index (χ1v) is 18.1. The van der Waals surface area contributed by atoms with Gasteiger partial charge >= 0.3 is 0 Å². The SMILES string of the molecule is CC(C)N(CC(F)F)C(=O)c1cc(F)ccc1Oc1cncnc1N1CC2(CCN(C[C@@]3(O)CC[C@@H](NS(=O)(=O)N(C)CCO)CO3)CC2)C1. The Balaban J connectivity index is 1.16. The fourth-order valence-electron chi connectivity index (χ4n) is 6.68. The molecule has 1 aromatic carbocycles. The number of aliphatic hydroxyl groups excluding tert-OH is 1. The minimum atomic E-state index is -3.78. The minimum absolute atomic E-state index is 0.00275. The number of anilines is 1. The van der Waals surface area contributed by atoms with Crippen LogP contribution in [0.5, 0.6) is 11.5 Å². The lowest BCUT2D eigenvalue weighted by molar-refractivity contribution is -0.239. The number of carbonyl (C=O) groups excluding carboxylic acids is 1. The molecule has 278 valence electrons. The number of aliphatic hydroxyl groups is 2. The summed E-state index contributed by atoms with van der Waals surface area (Å²) in [4.78, 5) is 26.9. The zero-order valence-corrected chi connectivity index (χ0v) is 29.3. The predicted molar refractivity (Wildman–Crippen MR) is 177 cm³/mol. The molecule has 5 rings (SSSR count). The normalized spacial score (nSPS) is 22.7. The topological polar surface area (TPSA) is 161 Å². The molecule has 0 unspecified atom stereocenters. The maximum absolute atomic E-state index is 14.3. The number of aromatic nitrogens is 2. The zero-order valence-electron chi connectivity index (χ0n) is 28.5. The Morgan fingerprint density at radius 2 is 1.92 bits per heavy atom. The van der Waals surface area contributed by atoms with E-state index in [9.17, 15) is 31.5 Å². The molecule has 2 atom stereocenters. The predicted octanol–water partition coefficient (Wildman–Crippen LogP) is 2.05. The quantitative estimate of drug-likeness (QED) is 0.261. The van der Waals surface area contributed by atoms with E-state index in [0.717, 1.165) is 47.3 Å². The van der Waals surface area contributed by atoms with Crippen molar-refractivity contribution in [2.24, 2.45) is 5.41 Å². The average molecular weight is 730 g/mol. The van der Waals surface area contributed by atoms with Crippen molar-refractivity contribution in [3.63, 3.8) is 0 Å². The number of amides is 1. The van der Waals surface area contributed by atoms with Gasteiger partial charge in [0.05, 0.1) is 38.1 Å². The Morgan fingerprint density at radius 3 is 2.54 bits per heavy atom. The van der Waals surface area contributed by atoms with Crippen molar-refractivity contribution < 1.29 is 46.1 Å². The van der Waals surface area contributed by atoms with Crippen molar-refractivity contribution >= 4 is 21.9 Å². The lowest BCUT2D eigenvalue weighted by Crippen LogP contribution is -2.62. The number of piperidine rings is 1. The minimum Gasteiger partial charge on any atom is -0.451 e. The number of likely N-dealkylation sites (tertiary alicyclic amines) is 1. The number of halogens is 3. The maximum Gasteiger partial charge on any atom is 0.279 e. The first-order valence-electron chi connectivity index (χ1n) is 16.7. The van der Waals surface area contributed by atoms with E-state index in [1.165, 1.54) is 25.6 Å². The van der Waals surface area contributed by atoms with Crippen molar-refractivity contribution in [2.75, 3.05) is 71.0 Å². The molecule has 3 saturated heterocycles. The summed E-state index contributed by atoms with van der Waals surface area (Å²) in [6.07, 6.45) is 2.43. The molecule has 0 radical (unpaired) electrons. The van der Waals surface area contributed by atoms with Crippen LogP contribution in [0.25, 0.3) is 0 Å². The highest BCUT2D eigenvalue weighted by Crippen LogP contribution is 2.45. The van der Waals surface area contributed by atoms with Crippen LogP contribution in [0, 0.1) is 11.2 Å². The van der Waals surface area contributed by atoms with Gasteiger partial charge < -0.3 is 29.5 Å². The van der Waals surface area contributed by atoms with Gasteiger partial charge in [0.1, 0.15) is 17.9 Å². The second-order valence-electron chi connectivity index (χ2n) is 13.7. The third-order valence-electron chi connectivity index (χ3n) is 9.59. The zero-order chi connectivity index (χ0) is 36.3. The Labute approximate surface area is 290 Å². The monoisotopic (exact) mass is 729 g/mol. The summed E-state index contributed by atoms with van der Waals surface area (Å²) in [6.45, 7) is 5.19. The highest BCUT2D eigenvalue weighted by Gasteiger charge is 2.47. The molecule has 1 amide bonds. The summed E-state index contributed by atoms with van der Waals surface area (Å²) in [6, 6.07) is 2.34. The van der Waals surface area contributed by atoms with Gasteiger partial charge in [-0.15, -0.1) is 0 Å². The Morgan fingerprint density at radius 1 is 1.20 bits per heavy atom. The summed E-state index contributed by atoms with van der Waals surface area (Å²) < 4.78 is 81.1. The number of nitrogens with one attached hydrogen (secondary N) is 1. The molecule has 14 nitrogen and oxygen atoms in total. The number of hydrogen-bond donors (Lipinski definition) is 3. The number of benzene rings is 1. The number of carbonyl (C=O) groups is 1. The van der Waals surface area contributed by atoms with Crippen molar-refractivity contribution in [1.29, 1.82) is 0 Å². The summed E-state index contributed by atoms with van der Waals surface area (Å²) in [5.74, 6) is -2.16. The molecule has 1 spiro atoms. The summed E-state index contributed by atoms with van der Waals surface area (Å²) >= 11 is 0. The van der Waals surface area contributed by atoms with Crippen LogP contribution in [-0.2, 0) is 14.9 Å². The first-order chi connectivity index (χ1) is 23.6. The molecule has 18 heteroatoms. The van der Waals surface area contributed by atoms with Gasteiger partial charge in [0.15, 0.2) is 17.4 Å². The number of alkyl halides is 2. The molecular weight excluding hydrogens is 683 g/mol. The fraction of sp³-hybridized carbons (Fsp3) is 0.656. The van der Waals surface area contributed by atoms with Crippen molar-refractivity contribution in [3.8, 4) is 11.5 Å². The van der Waals surface area contributed by atoms with E-state index in [1.54, 1.807) is 13.8 Å². The lowest BCUT2D eigenvalue weighted by atomic mass is 9.72. The van der Waals surface area contributed by atoms with Crippen LogP contribution in [-0.4, -0.2) is 139 Å². The van der Waals surface area contributed by atoms with Crippen LogP contribution in [0.1, 0.15) is 49.9 Å². The van der Waals surface area contributed by atoms with Gasteiger partial charge in [-0.25, -0.2) is 23.1 Å². The molecule has 0 aliphatic carbocycles. The Bertz CT molecular complexity index is 1580. The van der Waals surface area contributed by atoms with Crippen LogP contribution in [0.4, 0.5) is 19.0 Å². The average Bonchev–Trinajstić information content (AvgIpc) is 3.05. The molecule has 1 aromatic heterocycles. The molecule has 2 aromatic rings. The first kappa shape index (κ1) is 38.1. The number of rotatable bonds is 14. The van der Waals surface area contributed by atoms with Gasteiger partial charge in [0, 0.05) is 50.6 Å². The van der Waals surface area contributed by atoms with Crippen LogP contribution < -0.4 is 14.4 Å². The second-order valence-corrected chi connectivity index (χ2v) is 15.5. The van der Waals surface area contributed by atoms with E-state index in [0.29, 0.717) is 31.9 Å². The van der Waals surface area contributed by atoms with Gasteiger partial charge in [0.25, 0.3) is 22.5 Å². The Hall–Kier alpha value is -3.13. The molecule has 3 N–H and O–H groups in total. The number of likely N-dealkylation sites (N-methyl/N-ethyl adjacent to an activating group) is 1. The van der Waals surface area contributed by atoms with Crippen LogP contribution in [0.15, 0.2) is 30.7 Å². The molecule has 3 fully saturated rings. The molecule has 3 aliphatic heterocycles. The highest BCUT2D eigenvalue weighted by atomic mass is 32.2. The van der Waals surface area contributed by atoms with Gasteiger partial charge in [-0.1, -0.05) is 0 Å². The van der Waals surface area contributed by atoms with Crippen molar-refractivity contribution in [3.05, 3.63) is 42.1 Å². The lowest BCUT2D eigenvalue weighted by Gasteiger charge is -2.55. The number of hydrogen-bond acceptors (Lipinski definition) is 11. The molecule has 0 bridgehead atoms. The van der Waals surface area contributed by atoms with E-state index in [2.05, 4.69) is 19.6 Å². The van der Waals surface area contributed by atoms with E-state index in [-0.39, 0.29) is 48.7 Å². The second kappa shape index (κ2) is 15.6. The number of nitrogens with zero attached hydrogens (tertiary/aromatic N) is 6. The molecule has 4 heterocycles. The summed E-state index contributed by atoms with van der Waals surface area (Å²) in [5, 5.41) is 20.2. The van der Waals surface area contributed by atoms with E-state index < -0.39 is 52.8 Å². The molecular formula is C32H46F3N7O7S. The van der Waals surface area contributed by atoms with Crippen LogP contribution >= 0.6 is 0 Å². The third-order valence-corrected chi connectivity index (χ3v) is 11.2. The molecule has 0 saturated carbocycles. The van der Waals surface area contributed by atoms with Gasteiger partial charge in [-0.3, -0.25) is 9.69 Å². The molecule has 3 aliphatic rings. The summed E-state index contributed by atoms with van der Waals surface area (Å²) in [5.41, 5.74) is -0.185. The van der Waals surface area contributed by atoms with Gasteiger partial charge in [-0.2, -0.15) is 17.4 Å². The van der Waals surface area contributed by atoms with E-state index in [1.807, 2.05) is 4.90 Å². The highest BCUT2D eigenvalue weighted by molar-refractivity contribution is 7.87. The number of ether oxygens (including phenoxy) is 2. The maximum atomic E-state index is 14.3. The Kier molecular flexibility index (Phi) is 11.9. The third kappa shape index (κ3) is 9.02. The smallest absolute Gasteiger partial charge is 0.279 e. The van der Waals surface area contributed by atoms with E-state index >= 15 is 0 Å². The standard InChI is InChI=1S/C32H46F3N7O7S/c1-22(2)42(16-28(34)35)30(44)25-14-23(33)4-5-26(25)49-27-15-36-21-37-29(27)41-18-31(19-41)8-10-40(11-9-31)20-32(45)7-6-24(17-48-32)38-50(46,47)39(3)12-13-43/h4-5,14-15,21-22,24,28,38,43,45H,6-13,16-20H2,1-3H3/t24-,32-/m1/s1. The van der Waals surface area contributed by atoms with E-state index in [4.69, 9.17) is 14.6 Å². The number of β-amino-alcohol motifs (C(OH)–C–C–N with tert-alkyl or cyclic N) is 1. The van der Waals surface area contributed by atoms with Crippen LogP contribution in [0.2, 0.25) is 0 Å². The van der Waals surface area contributed by atoms with Crippen molar-refractivity contribution in [2.45, 2.75) is 63.8 Å². The van der Waals surface area contributed by atoms with Crippen molar-refractivity contribution in [1.82, 2.24) is 28.8 Å². The fourth-order valence-corrected chi connectivity index (χ4v) is 7.79. The largest absolute Gasteiger partial charge is 0.451 e. The van der Waals surface area contributed by atoms with Crippen LogP contribution in [0.3, 0.4) is 0 Å². The summed E-state index contributed by atoms with van der Waals surface area (Å²) in [7, 11) is -2.40. The molecule has 50 heavy (non-hydrogen) atoms. The van der Waals surface area contributed by atoms with Gasteiger partial charge in [0.2, 0.25) is 0 Å². The van der Waals surface area contributed by atoms with Gasteiger partial charge in [-0.05, 0) is 64.4 Å².